The van der Waals surface area contributed by atoms with Gasteiger partial charge in [0, 0.05) is 5.70 Å². The molecule has 2 N–H and O–H groups in total. The lowest BCUT2D eigenvalue weighted by atomic mass is 10.1. The molecule has 0 saturated heterocycles. The van der Waals surface area contributed by atoms with E-state index in [0.29, 0.717) is 17.7 Å². The second-order valence-corrected chi connectivity index (χ2v) is 2.00. The predicted molar refractivity (Wildman–Crippen MR) is 41.9 cm³/mol. The van der Waals surface area contributed by atoms with Crippen LogP contribution in [0.5, 0.6) is 0 Å². The number of nitrogens with two attached hydrogens (primary N) is 1. The van der Waals surface area contributed by atoms with Gasteiger partial charge in [0.1, 0.15) is 5.83 Å². The van der Waals surface area contributed by atoms with Crippen LogP contribution in [0, 0.1) is 0 Å². The van der Waals surface area contributed by atoms with E-state index in [-0.39, 0.29) is 0 Å². The summed E-state index contributed by atoms with van der Waals surface area (Å²) in [6.07, 6.45) is 1.97. The van der Waals surface area contributed by atoms with Gasteiger partial charge >= 0.3 is 0 Å². The number of allylic oxidation sites excluding steroid dienone is 3. The molecule has 0 heterocycles. The summed E-state index contributed by atoms with van der Waals surface area (Å²) in [5.74, 6) is -0.483. The lowest BCUT2D eigenvalue weighted by molar-refractivity contribution is 0.669. The smallest absolute Gasteiger partial charge is 0.116 e. The highest BCUT2D eigenvalue weighted by Crippen LogP contribution is 2.09. The highest BCUT2D eigenvalue weighted by Gasteiger charge is 1.94. The molecule has 0 radical (unpaired) electrons. The van der Waals surface area contributed by atoms with E-state index in [1.807, 2.05) is 6.92 Å². The van der Waals surface area contributed by atoms with Gasteiger partial charge in [0.2, 0.25) is 0 Å². The molecule has 0 atom stereocenters. The van der Waals surface area contributed by atoms with Gasteiger partial charge in [-0.15, -0.1) is 0 Å². The Morgan fingerprint density at radius 1 is 1.60 bits per heavy atom. The molecule has 0 spiro atoms. The number of hydrogen-bond donors (Lipinski definition) is 1. The Bertz CT molecular complexity index is 180. The fourth-order valence-corrected chi connectivity index (χ4v) is 0.611. The van der Waals surface area contributed by atoms with Crippen molar-refractivity contribution in [2.75, 3.05) is 0 Å². The zero-order valence-corrected chi connectivity index (χ0v) is 6.15. The molecular formula is C8H12FN. The molecule has 0 unspecified atom stereocenters. The molecule has 0 aliphatic carbocycles. The SMILES string of the molecule is C=C(F)/C=C(/CC)C(=C)N. The molecule has 1 nitrogen and oxygen atoms in total. The van der Waals surface area contributed by atoms with Crippen molar-refractivity contribution < 1.29 is 4.39 Å². The number of rotatable bonds is 3. The van der Waals surface area contributed by atoms with Crippen molar-refractivity contribution in [2.24, 2.45) is 5.73 Å². The van der Waals surface area contributed by atoms with Crippen LogP contribution in [-0.2, 0) is 0 Å². The van der Waals surface area contributed by atoms with Crippen LogP contribution >= 0.6 is 0 Å². The van der Waals surface area contributed by atoms with Crippen LogP contribution in [-0.4, -0.2) is 0 Å². The van der Waals surface area contributed by atoms with E-state index in [2.05, 4.69) is 13.2 Å². The maximum Gasteiger partial charge on any atom is 0.116 e. The lowest BCUT2D eigenvalue weighted by Crippen LogP contribution is -1.97. The summed E-state index contributed by atoms with van der Waals surface area (Å²) in [6, 6.07) is 0. The Morgan fingerprint density at radius 3 is 2.20 bits per heavy atom. The maximum absolute atomic E-state index is 12.1. The van der Waals surface area contributed by atoms with Crippen molar-refractivity contribution in [3.63, 3.8) is 0 Å². The van der Waals surface area contributed by atoms with E-state index in [9.17, 15) is 4.39 Å². The minimum Gasteiger partial charge on any atom is -0.399 e. The zero-order valence-electron chi connectivity index (χ0n) is 6.15. The van der Waals surface area contributed by atoms with Crippen LogP contribution in [0.4, 0.5) is 4.39 Å². The molecule has 0 fully saturated rings. The molecular weight excluding hydrogens is 129 g/mol. The molecule has 0 aromatic heterocycles. The van der Waals surface area contributed by atoms with E-state index in [1.54, 1.807) is 0 Å². The molecule has 10 heavy (non-hydrogen) atoms. The third-order valence-electron chi connectivity index (χ3n) is 1.12. The van der Waals surface area contributed by atoms with E-state index >= 15 is 0 Å². The van der Waals surface area contributed by atoms with Crippen molar-refractivity contribution >= 4 is 0 Å². The summed E-state index contributed by atoms with van der Waals surface area (Å²) in [5.41, 5.74) is 6.43. The molecule has 0 bridgehead atoms. The summed E-state index contributed by atoms with van der Waals surface area (Å²) in [6.45, 7) is 8.45. The topological polar surface area (TPSA) is 26.0 Å². The Hall–Kier alpha value is -1.05. The molecule has 0 aromatic carbocycles. The Balaban J connectivity index is 4.34. The first-order chi connectivity index (χ1) is 4.57. The van der Waals surface area contributed by atoms with E-state index in [0.717, 1.165) is 0 Å². The fourth-order valence-electron chi connectivity index (χ4n) is 0.611. The average Bonchev–Trinajstić information content (AvgIpc) is 1.81. The minimum absolute atomic E-state index is 0.404. The van der Waals surface area contributed by atoms with Crippen LogP contribution in [0.3, 0.4) is 0 Å². The Kier molecular flexibility index (Phi) is 3.47. The van der Waals surface area contributed by atoms with E-state index in [1.165, 1.54) is 6.08 Å². The van der Waals surface area contributed by atoms with Crippen LogP contribution in [0.25, 0.3) is 0 Å². The van der Waals surface area contributed by atoms with Gasteiger partial charge in [0.25, 0.3) is 0 Å². The van der Waals surface area contributed by atoms with Gasteiger partial charge in [-0.25, -0.2) is 4.39 Å². The van der Waals surface area contributed by atoms with Crippen molar-refractivity contribution in [1.29, 1.82) is 0 Å². The fraction of sp³-hybridized carbons (Fsp3) is 0.250. The Morgan fingerprint density at radius 2 is 2.10 bits per heavy atom. The van der Waals surface area contributed by atoms with Gasteiger partial charge in [0.05, 0.1) is 0 Å². The monoisotopic (exact) mass is 141 g/mol. The molecule has 0 amide bonds. The normalized spacial score (nSPS) is 11.2. The van der Waals surface area contributed by atoms with Gasteiger partial charge in [-0.3, -0.25) is 0 Å². The molecule has 2 heteroatoms. The Labute approximate surface area is 60.7 Å². The van der Waals surface area contributed by atoms with Crippen LogP contribution in [0.1, 0.15) is 13.3 Å². The summed E-state index contributed by atoms with van der Waals surface area (Å²) >= 11 is 0. The standard InChI is InChI=1S/C8H12FN/c1-4-8(7(3)10)5-6(2)9/h5H,2-4,10H2,1H3/b8-5-. The van der Waals surface area contributed by atoms with Crippen LogP contribution in [0.15, 0.2) is 36.3 Å². The number of hydrogen-bond acceptors (Lipinski definition) is 1. The lowest BCUT2D eigenvalue weighted by Gasteiger charge is -2.00. The molecule has 0 aliphatic heterocycles. The second kappa shape index (κ2) is 3.88. The van der Waals surface area contributed by atoms with Crippen molar-refractivity contribution in [1.82, 2.24) is 0 Å². The molecule has 0 aromatic rings. The minimum atomic E-state index is -0.483. The maximum atomic E-state index is 12.1. The van der Waals surface area contributed by atoms with Crippen molar-refractivity contribution in [3.05, 3.63) is 36.3 Å². The summed E-state index contributed by atoms with van der Waals surface area (Å²) in [4.78, 5) is 0. The van der Waals surface area contributed by atoms with Gasteiger partial charge in [0.15, 0.2) is 0 Å². The summed E-state index contributed by atoms with van der Waals surface area (Å²) in [5, 5.41) is 0. The second-order valence-electron chi connectivity index (χ2n) is 2.00. The van der Waals surface area contributed by atoms with Crippen LogP contribution in [0.2, 0.25) is 0 Å². The van der Waals surface area contributed by atoms with Gasteiger partial charge in [-0.2, -0.15) is 0 Å². The number of halogens is 1. The molecule has 56 valence electrons. The van der Waals surface area contributed by atoms with E-state index < -0.39 is 5.83 Å². The third kappa shape index (κ3) is 3.07. The average molecular weight is 141 g/mol. The largest absolute Gasteiger partial charge is 0.399 e. The van der Waals surface area contributed by atoms with E-state index in [4.69, 9.17) is 5.73 Å². The van der Waals surface area contributed by atoms with Gasteiger partial charge in [-0.05, 0) is 18.1 Å². The highest BCUT2D eigenvalue weighted by atomic mass is 19.1. The first kappa shape index (κ1) is 8.95. The summed E-state index contributed by atoms with van der Waals surface area (Å²) < 4.78 is 12.1. The highest BCUT2D eigenvalue weighted by molar-refractivity contribution is 5.29. The van der Waals surface area contributed by atoms with Crippen molar-refractivity contribution in [2.45, 2.75) is 13.3 Å². The van der Waals surface area contributed by atoms with Gasteiger partial charge < -0.3 is 5.73 Å². The zero-order chi connectivity index (χ0) is 8.15. The first-order valence-electron chi connectivity index (χ1n) is 3.07. The quantitative estimate of drug-likeness (QED) is 0.599. The van der Waals surface area contributed by atoms with Gasteiger partial charge in [-0.1, -0.05) is 20.1 Å². The third-order valence-corrected chi connectivity index (χ3v) is 1.12. The predicted octanol–water partition coefficient (Wildman–Crippen LogP) is 2.28. The van der Waals surface area contributed by atoms with Crippen molar-refractivity contribution in [3.8, 4) is 0 Å². The molecule has 0 saturated carbocycles. The summed E-state index contributed by atoms with van der Waals surface area (Å²) in [7, 11) is 0. The first-order valence-corrected chi connectivity index (χ1v) is 3.07. The van der Waals surface area contributed by atoms with Crippen LogP contribution < -0.4 is 5.73 Å². The molecule has 0 rings (SSSR count). The molecule has 0 aliphatic rings.